The maximum absolute atomic E-state index is 5.82. The van der Waals surface area contributed by atoms with Gasteiger partial charge in [-0.25, -0.2) is 9.97 Å². The maximum Gasteiger partial charge on any atom is 0.222 e. The van der Waals surface area contributed by atoms with Crippen molar-refractivity contribution in [1.29, 1.82) is 0 Å². The molecule has 6 nitrogen and oxygen atoms in total. The average molecular weight is 337 g/mol. The Morgan fingerprint density at radius 3 is 2.80 bits per heavy atom. The van der Waals surface area contributed by atoms with Gasteiger partial charge in [0, 0.05) is 18.7 Å². The van der Waals surface area contributed by atoms with E-state index in [9.17, 15) is 0 Å². The van der Waals surface area contributed by atoms with Gasteiger partial charge in [-0.05, 0) is 36.2 Å². The van der Waals surface area contributed by atoms with Crippen LogP contribution in [0.3, 0.4) is 0 Å². The van der Waals surface area contributed by atoms with E-state index >= 15 is 0 Å². The highest BCUT2D eigenvalue weighted by molar-refractivity contribution is 5.86. The molecule has 2 aromatic heterocycles. The molecule has 1 aromatic carbocycles. The van der Waals surface area contributed by atoms with Crippen molar-refractivity contribution in [1.82, 2.24) is 15.0 Å². The summed E-state index contributed by atoms with van der Waals surface area (Å²) in [5.41, 5.74) is 9.42. The summed E-state index contributed by atoms with van der Waals surface area (Å²) in [5.74, 6) is 1.80. The zero-order valence-corrected chi connectivity index (χ0v) is 14.6. The molecule has 6 heteroatoms. The van der Waals surface area contributed by atoms with E-state index in [4.69, 9.17) is 15.5 Å². The molecule has 3 rings (SSSR count). The summed E-state index contributed by atoms with van der Waals surface area (Å²) in [4.78, 5) is 13.4. The van der Waals surface area contributed by atoms with E-state index < -0.39 is 0 Å². The highest BCUT2D eigenvalue weighted by atomic mass is 16.5. The second kappa shape index (κ2) is 7.79. The molecule has 0 saturated heterocycles. The van der Waals surface area contributed by atoms with Crippen LogP contribution in [0.25, 0.3) is 11.0 Å². The highest BCUT2D eigenvalue weighted by Crippen LogP contribution is 2.22. The van der Waals surface area contributed by atoms with Gasteiger partial charge in [-0.15, -0.1) is 0 Å². The Labute approximate surface area is 147 Å². The number of hydrogen-bond donors (Lipinski definition) is 2. The molecule has 0 atom stereocenters. The molecule has 0 amide bonds. The minimum atomic E-state index is 0.258. The molecule has 0 spiro atoms. The fraction of sp³-hybridized carbons (Fsp3) is 0.316. The lowest BCUT2D eigenvalue weighted by atomic mass is 10.1. The number of hydrogen-bond acceptors (Lipinski definition) is 6. The molecule has 0 aliphatic heterocycles. The predicted molar refractivity (Wildman–Crippen MR) is 101 cm³/mol. The lowest BCUT2D eigenvalue weighted by Gasteiger charge is -2.10. The predicted octanol–water partition coefficient (Wildman–Crippen LogP) is 3.42. The highest BCUT2D eigenvalue weighted by Gasteiger charge is 2.09. The third-order valence-electron chi connectivity index (χ3n) is 3.96. The Morgan fingerprint density at radius 2 is 2.00 bits per heavy atom. The summed E-state index contributed by atoms with van der Waals surface area (Å²) in [6, 6.07) is 11.9. The molecule has 130 valence electrons. The Hall–Kier alpha value is -2.89. The number of nitrogens with two attached hydrogens (primary N) is 1. The molecule has 3 N–H and O–H groups in total. The number of methoxy groups -OCH3 is 1. The van der Waals surface area contributed by atoms with Crippen LogP contribution < -0.4 is 15.8 Å². The standard InChI is InChI=1S/C19H23N5O/c1-3-4-10-21-18-17-16(23-19(20)24-18)9-8-14(22-17)11-13-6-5-7-15(12-13)25-2/h5-9,12H,3-4,10-11H2,1-2H3,(H3,20,21,23,24). The van der Waals surface area contributed by atoms with Gasteiger partial charge in [0.05, 0.1) is 12.6 Å². The van der Waals surface area contributed by atoms with Crippen molar-refractivity contribution in [3.8, 4) is 5.75 Å². The van der Waals surface area contributed by atoms with Crippen LogP contribution in [-0.2, 0) is 6.42 Å². The van der Waals surface area contributed by atoms with Crippen molar-refractivity contribution in [2.75, 3.05) is 24.7 Å². The number of anilines is 2. The van der Waals surface area contributed by atoms with E-state index in [2.05, 4.69) is 28.3 Å². The zero-order chi connectivity index (χ0) is 17.6. The first-order valence-corrected chi connectivity index (χ1v) is 8.49. The van der Waals surface area contributed by atoms with Crippen LogP contribution in [0.15, 0.2) is 36.4 Å². The van der Waals surface area contributed by atoms with Crippen molar-refractivity contribution < 1.29 is 4.74 Å². The molecular weight excluding hydrogens is 314 g/mol. The van der Waals surface area contributed by atoms with E-state index in [1.165, 1.54) is 0 Å². The summed E-state index contributed by atoms with van der Waals surface area (Å²) in [5, 5.41) is 3.33. The number of rotatable bonds is 7. The lowest BCUT2D eigenvalue weighted by Crippen LogP contribution is -2.08. The number of aromatic nitrogens is 3. The molecule has 2 heterocycles. The number of fused-ring (bicyclic) bond motifs is 1. The van der Waals surface area contributed by atoms with Gasteiger partial charge in [-0.1, -0.05) is 25.5 Å². The van der Waals surface area contributed by atoms with Crippen LogP contribution in [0.4, 0.5) is 11.8 Å². The first-order valence-electron chi connectivity index (χ1n) is 8.49. The number of nitrogen functional groups attached to an aromatic ring is 1. The van der Waals surface area contributed by atoms with Gasteiger partial charge >= 0.3 is 0 Å². The number of unbranched alkanes of at least 4 members (excludes halogenated alkanes) is 1. The van der Waals surface area contributed by atoms with Crippen molar-refractivity contribution in [3.05, 3.63) is 47.7 Å². The van der Waals surface area contributed by atoms with Gasteiger partial charge < -0.3 is 15.8 Å². The van der Waals surface area contributed by atoms with Crippen LogP contribution in [0.5, 0.6) is 5.75 Å². The summed E-state index contributed by atoms with van der Waals surface area (Å²) in [7, 11) is 1.67. The Morgan fingerprint density at radius 1 is 1.12 bits per heavy atom. The Bertz CT molecular complexity index is 866. The zero-order valence-electron chi connectivity index (χ0n) is 14.6. The van der Waals surface area contributed by atoms with Crippen LogP contribution in [0.1, 0.15) is 31.0 Å². The van der Waals surface area contributed by atoms with Crippen LogP contribution in [-0.4, -0.2) is 28.6 Å². The molecular formula is C19H23N5O. The van der Waals surface area contributed by atoms with Crippen molar-refractivity contribution >= 4 is 22.8 Å². The van der Waals surface area contributed by atoms with Crippen LogP contribution in [0.2, 0.25) is 0 Å². The van der Waals surface area contributed by atoms with Crippen molar-refractivity contribution in [2.45, 2.75) is 26.2 Å². The number of ether oxygens (including phenoxy) is 1. The quantitative estimate of drug-likeness (QED) is 0.643. The first kappa shape index (κ1) is 17.0. The Balaban J connectivity index is 1.91. The fourth-order valence-electron chi connectivity index (χ4n) is 2.67. The smallest absolute Gasteiger partial charge is 0.222 e. The maximum atomic E-state index is 5.82. The normalized spacial score (nSPS) is 10.8. The van der Waals surface area contributed by atoms with E-state index in [-0.39, 0.29) is 5.95 Å². The molecule has 0 unspecified atom stereocenters. The van der Waals surface area contributed by atoms with E-state index in [1.54, 1.807) is 7.11 Å². The summed E-state index contributed by atoms with van der Waals surface area (Å²) in [6.07, 6.45) is 2.89. The summed E-state index contributed by atoms with van der Waals surface area (Å²) in [6.45, 7) is 2.99. The van der Waals surface area contributed by atoms with Crippen molar-refractivity contribution in [2.24, 2.45) is 0 Å². The van der Waals surface area contributed by atoms with Crippen molar-refractivity contribution in [3.63, 3.8) is 0 Å². The SMILES string of the molecule is CCCCNc1nc(N)nc2ccc(Cc3cccc(OC)c3)nc12. The minimum Gasteiger partial charge on any atom is -0.497 e. The third-order valence-corrected chi connectivity index (χ3v) is 3.96. The molecule has 0 fully saturated rings. The largest absolute Gasteiger partial charge is 0.497 e. The molecule has 0 saturated carbocycles. The third kappa shape index (κ3) is 4.15. The van der Waals surface area contributed by atoms with E-state index in [0.717, 1.165) is 47.4 Å². The fourth-order valence-corrected chi connectivity index (χ4v) is 2.67. The number of pyridine rings is 1. The number of benzene rings is 1. The molecule has 0 aliphatic carbocycles. The summed E-state index contributed by atoms with van der Waals surface area (Å²) < 4.78 is 5.29. The summed E-state index contributed by atoms with van der Waals surface area (Å²) >= 11 is 0. The monoisotopic (exact) mass is 337 g/mol. The average Bonchev–Trinajstić information content (AvgIpc) is 2.62. The van der Waals surface area contributed by atoms with Gasteiger partial charge in [-0.3, -0.25) is 0 Å². The van der Waals surface area contributed by atoms with Gasteiger partial charge in [0.1, 0.15) is 11.3 Å². The molecule has 0 radical (unpaired) electrons. The number of nitrogens with zero attached hydrogens (tertiary/aromatic N) is 3. The molecule has 3 aromatic rings. The molecule has 0 bridgehead atoms. The molecule has 0 aliphatic rings. The van der Waals surface area contributed by atoms with Gasteiger partial charge in [0.25, 0.3) is 0 Å². The van der Waals surface area contributed by atoms with Gasteiger partial charge in [0.15, 0.2) is 5.82 Å². The second-order valence-electron chi connectivity index (χ2n) is 5.91. The molecule has 25 heavy (non-hydrogen) atoms. The topological polar surface area (TPSA) is 86.0 Å². The van der Waals surface area contributed by atoms with Gasteiger partial charge in [0.2, 0.25) is 5.95 Å². The second-order valence-corrected chi connectivity index (χ2v) is 5.91. The van der Waals surface area contributed by atoms with Crippen LogP contribution in [0, 0.1) is 0 Å². The number of nitrogens with one attached hydrogen (secondary N) is 1. The minimum absolute atomic E-state index is 0.258. The van der Waals surface area contributed by atoms with E-state index in [1.807, 2.05) is 30.3 Å². The van der Waals surface area contributed by atoms with Gasteiger partial charge in [-0.2, -0.15) is 4.98 Å². The Kier molecular flexibility index (Phi) is 5.28. The van der Waals surface area contributed by atoms with Crippen LogP contribution >= 0.6 is 0 Å². The lowest BCUT2D eigenvalue weighted by molar-refractivity contribution is 0.414. The van der Waals surface area contributed by atoms with E-state index in [0.29, 0.717) is 12.2 Å². The first-order chi connectivity index (χ1) is 12.2.